The highest BCUT2D eigenvalue weighted by molar-refractivity contribution is 6.08. The van der Waals surface area contributed by atoms with Gasteiger partial charge in [0.1, 0.15) is 12.4 Å². The predicted molar refractivity (Wildman–Crippen MR) is 83.1 cm³/mol. The molecule has 0 bridgehead atoms. The summed E-state index contributed by atoms with van der Waals surface area (Å²) in [5, 5.41) is 13.7. The minimum absolute atomic E-state index is 0.145. The summed E-state index contributed by atoms with van der Waals surface area (Å²) in [6.07, 6.45) is 1.14. The molecule has 0 aliphatic carbocycles. The van der Waals surface area contributed by atoms with Crippen molar-refractivity contribution in [2.75, 3.05) is 0 Å². The highest BCUT2D eigenvalue weighted by atomic mass is 16.5. The van der Waals surface area contributed by atoms with Crippen LogP contribution in [0.5, 0.6) is 5.75 Å². The zero-order valence-corrected chi connectivity index (χ0v) is 11.4. The molecule has 0 radical (unpaired) electrons. The normalized spacial score (nSPS) is 10.7. The smallest absolute Gasteiger partial charge is 0.330 e. The maximum atomic E-state index is 11.3. The summed E-state index contributed by atoms with van der Waals surface area (Å²) >= 11 is 0. The molecule has 104 valence electrons. The molecule has 21 heavy (non-hydrogen) atoms. The molecule has 3 aromatic carbocycles. The predicted octanol–water partition coefficient (Wildman–Crippen LogP) is 3.93. The molecule has 0 spiro atoms. The fraction of sp³-hybridized carbons (Fsp3) is 0.0556. The third-order valence-corrected chi connectivity index (χ3v) is 3.54. The standard InChI is InChI=1S/C18H14O3/c1-2-17(19)21-11-16-12-7-3-5-9-14(12)18(20)15-10-6-4-8-13(15)16/h2-10,20H,1,11H2. The van der Waals surface area contributed by atoms with Gasteiger partial charge >= 0.3 is 5.97 Å². The second kappa shape index (κ2) is 5.29. The molecule has 0 unspecified atom stereocenters. The second-order valence-electron chi connectivity index (χ2n) is 4.73. The molecule has 3 aromatic rings. The first-order chi connectivity index (χ1) is 10.2. The number of fused-ring (bicyclic) bond motifs is 2. The van der Waals surface area contributed by atoms with Crippen molar-refractivity contribution in [2.45, 2.75) is 6.61 Å². The number of rotatable bonds is 3. The first-order valence-electron chi connectivity index (χ1n) is 6.63. The maximum absolute atomic E-state index is 11.3. The van der Waals surface area contributed by atoms with Crippen LogP contribution in [0.15, 0.2) is 61.2 Å². The number of phenols is 1. The van der Waals surface area contributed by atoms with E-state index in [1.807, 2.05) is 48.5 Å². The van der Waals surface area contributed by atoms with Gasteiger partial charge in [0, 0.05) is 22.4 Å². The molecule has 1 N–H and O–H groups in total. The number of aromatic hydroxyl groups is 1. The molecule has 0 amide bonds. The molecule has 0 atom stereocenters. The Morgan fingerprint density at radius 2 is 1.48 bits per heavy atom. The molecule has 3 rings (SSSR count). The molecule has 0 aliphatic heterocycles. The van der Waals surface area contributed by atoms with E-state index >= 15 is 0 Å². The van der Waals surface area contributed by atoms with Gasteiger partial charge in [-0.3, -0.25) is 0 Å². The van der Waals surface area contributed by atoms with Crippen molar-refractivity contribution < 1.29 is 14.6 Å². The van der Waals surface area contributed by atoms with E-state index in [-0.39, 0.29) is 12.4 Å². The molecule has 0 saturated heterocycles. The number of ether oxygens (including phenoxy) is 1. The van der Waals surface area contributed by atoms with Gasteiger partial charge in [0.25, 0.3) is 0 Å². The average molecular weight is 278 g/mol. The second-order valence-corrected chi connectivity index (χ2v) is 4.73. The van der Waals surface area contributed by atoms with E-state index in [4.69, 9.17) is 4.74 Å². The average Bonchev–Trinajstić information content (AvgIpc) is 2.54. The Balaban J connectivity index is 2.29. The van der Waals surface area contributed by atoms with E-state index in [0.717, 1.165) is 33.2 Å². The molecular formula is C18H14O3. The summed E-state index contributed by atoms with van der Waals surface area (Å²) < 4.78 is 5.19. The van der Waals surface area contributed by atoms with Gasteiger partial charge in [-0.1, -0.05) is 55.1 Å². The quantitative estimate of drug-likeness (QED) is 0.448. The number of benzene rings is 3. The summed E-state index contributed by atoms with van der Waals surface area (Å²) in [5.41, 5.74) is 0.884. The van der Waals surface area contributed by atoms with Crippen LogP contribution in [0.1, 0.15) is 5.56 Å². The third-order valence-electron chi connectivity index (χ3n) is 3.54. The van der Waals surface area contributed by atoms with Crippen LogP contribution in [0, 0.1) is 0 Å². The van der Waals surface area contributed by atoms with Gasteiger partial charge in [0.05, 0.1) is 0 Å². The van der Waals surface area contributed by atoms with E-state index in [1.54, 1.807) is 0 Å². The fourth-order valence-electron chi connectivity index (χ4n) is 2.55. The summed E-state index contributed by atoms with van der Waals surface area (Å²) in [5.74, 6) is -0.212. The van der Waals surface area contributed by atoms with Crippen LogP contribution in [-0.2, 0) is 16.1 Å². The summed E-state index contributed by atoms with van der Waals surface area (Å²) in [6, 6.07) is 15.1. The SMILES string of the molecule is C=CC(=O)OCc1c2ccccc2c(O)c2ccccc12. The van der Waals surface area contributed by atoms with Crippen molar-refractivity contribution in [3.8, 4) is 5.75 Å². The summed E-state index contributed by atoms with van der Waals surface area (Å²) in [7, 11) is 0. The van der Waals surface area contributed by atoms with Crippen molar-refractivity contribution in [3.05, 3.63) is 66.7 Å². The van der Waals surface area contributed by atoms with Crippen molar-refractivity contribution in [1.29, 1.82) is 0 Å². The Hall–Kier alpha value is -2.81. The highest BCUT2D eigenvalue weighted by Gasteiger charge is 2.13. The molecule has 0 aliphatic rings. The molecular weight excluding hydrogens is 264 g/mol. The number of carbonyl (C=O) groups excluding carboxylic acids is 1. The van der Waals surface area contributed by atoms with Crippen LogP contribution in [0.25, 0.3) is 21.5 Å². The lowest BCUT2D eigenvalue weighted by atomic mass is 9.96. The Bertz CT molecular complexity index is 793. The van der Waals surface area contributed by atoms with Crippen molar-refractivity contribution in [1.82, 2.24) is 0 Å². The minimum atomic E-state index is -0.462. The van der Waals surface area contributed by atoms with Gasteiger partial charge in [-0.15, -0.1) is 0 Å². The number of hydrogen-bond donors (Lipinski definition) is 1. The van der Waals surface area contributed by atoms with Gasteiger partial charge in [-0.2, -0.15) is 0 Å². The largest absolute Gasteiger partial charge is 0.507 e. The molecule has 0 saturated carbocycles. The first kappa shape index (κ1) is 13.2. The van der Waals surface area contributed by atoms with E-state index in [2.05, 4.69) is 6.58 Å². The Labute approximate surface area is 122 Å². The van der Waals surface area contributed by atoms with E-state index in [0.29, 0.717) is 0 Å². The Morgan fingerprint density at radius 1 is 1.00 bits per heavy atom. The summed E-state index contributed by atoms with van der Waals surface area (Å²) in [6.45, 7) is 3.54. The topological polar surface area (TPSA) is 46.5 Å². The van der Waals surface area contributed by atoms with E-state index in [1.165, 1.54) is 0 Å². The molecule has 0 heterocycles. The monoisotopic (exact) mass is 278 g/mol. The van der Waals surface area contributed by atoms with Gasteiger partial charge in [-0.25, -0.2) is 4.79 Å². The number of carbonyl (C=O) groups is 1. The van der Waals surface area contributed by atoms with Crippen LogP contribution < -0.4 is 0 Å². The highest BCUT2D eigenvalue weighted by Crippen LogP contribution is 2.37. The lowest BCUT2D eigenvalue weighted by Crippen LogP contribution is -2.01. The van der Waals surface area contributed by atoms with E-state index < -0.39 is 5.97 Å². The first-order valence-corrected chi connectivity index (χ1v) is 6.63. The van der Waals surface area contributed by atoms with Crippen molar-refractivity contribution in [2.24, 2.45) is 0 Å². The Kier molecular flexibility index (Phi) is 3.32. The molecule has 3 heteroatoms. The van der Waals surface area contributed by atoms with Crippen molar-refractivity contribution in [3.63, 3.8) is 0 Å². The van der Waals surface area contributed by atoms with Crippen LogP contribution >= 0.6 is 0 Å². The van der Waals surface area contributed by atoms with Gasteiger partial charge < -0.3 is 9.84 Å². The third kappa shape index (κ3) is 2.23. The number of phenolic OH excluding ortho intramolecular Hbond substituents is 1. The van der Waals surface area contributed by atoms with Crippen LogP contribution in [0.3, 0.4) is 0 Å². The molecule has 3 nitrogen and oxygen atoms in total. The number of hydrogen-bond acceptors (Lipinski definition) is 3. The molecule has 0 aromatic heterocycles. The lowest BCUT2D eigenvalue weighted by Gasteiger charge is -2.13. The lowest BCUT2D eigenvalue weighted by molar-refractivity contribution is -0.138. The zero-order chi connectivity index (χ0) is 14.8. The van der Waals surface area contributed by atoms with Gasteiger partial charge in [-0.05, 0) is 10.8 Å². The molecule has 0 fully saturated rings. The fourth-order valence-corrected chi connectivity index (χ4v) is 2.55. The zero-order valence-electron chi connectivity index (χ0n) is 11.4. The summed E-state index contributed by atoms with van der Waals surface area (Å²) in [4.78, 5) is 11.3. The Morgan fingerprint density at radius 3 is 1.95 bits per heavy atom. The van der Waals surface area contributed by atoms with Crippen LogP contribution in [0.4, 0.5) is 0 Å². The van der Waals surface area contributed by atoms with Crippen LogP contribution in [0.2, 0.25) is 0 Å². The van der Waals surface area contributed by atoms with Crippen molar-refractivity contribution >= 4 is 27.5 Å². The maximum Gasteiger partial charge on any atom is 0.330 e. The van der Waals surface area contributed by atoms with E-state index in [9.17, 15) is 9.90 Å². The minimum Gasteiger partial charge on any atom is -0.507 e. The van der Waals surface area contributed by atoms with Gasteiger partial charge in [0.15, 0.2) is 0 Å². The van der Waals surface area contributed by atoms with Crippen LogP contribution in [-0.4, -0.2) is 11.1 Å². The number of esters is 1. The van der Waals surface area contributed by atoms with Gasteiger partial charge in [0.2, 0.25) is 0 Å².